The molecular formula is C23H22BrN5OS. The van der Waals surface area contributed by atoms with E-state index in [1.165, 1.54) is 0 Å². The molecule has 6 nitrogen and oxygen atoms in total. The molecule has 8 heteroatoms. The number of thiazole rings is 1. The molecule has 5 rings (SSSR count). The summed E-state index contributed by atoms with van der Waals surface area (Å²) >= 11 is 5.16. The fourth-order valence-corrected chi connectivity index (χ4v) is 5.38. The third-order valence-electron chi connectivity index (χ3n) is 5.57. The Morgan fingerprint density at radius 2 is 1.94 bits per heavy atom. The lowest BCUT2D eigenvalue weighted by Gasteiger charge is -2.31. The summed E-state index contributed by atoms with van der Waals surface area (Å²) < 4.78 is 3.90. The van der Waals surface area contributed by atoms with Gasteiger partial charge in [0.2, 0.25) is 5.91 Å². The predicted molar refractivity (Wildman–Crippen MR) is 129 cm³/mol. The molecule has 1 fully saturated rings. The molecule has 3 heterocycles. The lowest BCUT2D eigenvalue weighted by atomic mass is 9.97. The zero-order valence-corrected chi connectivity index (χ0v) is 19.5. The van der Waals surface area contributed by atoms with E-state index in [0.29, 0.717) is 6.54 Å². The Hall–Kier alpha value is -2.71. The second kappa shape index (κ2) is 8.43. The number of anilines is 2. The van der Waals surface area contributed by atoms with E-state index < -0.39 is 0 Å². The van der Waals surface area contributed by atoms with Gasteiger partial charge in [0.15, 0.2) is 10.8 Å². The van der Waals surface area contributed by atoms with E-state index in [-0.39, 0.29) is 11.8 Å². The number of carbonyl (C=O) groups is 1. The highest BCUT2D eigenvalue weighted by molar-refractivity contribution is 9.10. The summed E-state index contributed by atoms with van der Waals surface area (Å²) in [7, 11) is 0. The number of rotatable bonds is 4. The quantitative estimate of drug-likeness (QED) is 0.411. The SMILES string of the molecule is Cc1nn(-c2ccccc2)c2nc(N3CCC[C@@H](C(=O)Nc4ccccc4Br)C3)sc12. The summed E-state index contributed by atoms with van der Waals surface area (Å²) in [6.45, 7) is 3.60. The maximum Gasteiger partial charge on any atom is 0.229 e. The molecule has 2 aromatic heterocycles. The van der Waals surface area contributed by atoms with Crippen LogP contribution >= 0.6 is 27.3 Å². The number of para-hydroxylation sites is 2. The van der Waals surface area contributed by atoms with Gasteiger partial charge in [0.25, 0.3) is 0 Å². The number of benzene rings is 2. The standard InChI is InChI=1S/C23H22BrN5OS/c1-15-20-21(29(27-15)17-9-3-2-4-10-17)26-23(31-20)28-13-7-8-16(14-28)22(30)25-19-12-6-5-11-18(19)24/h2-6,9-12,16H,7-8,13-14H2,1H3,(H,25,30)/t16-/m1/s1. The highest BCUT2D eigenvalue weighted by Gasteiger charge is 2.28. The predicted octanol–water partition coefficient (Wildman–Crippen LogP) is 5.41. The summed E-state index contributed by atoms with van der Waals surface area (Å²) in [5, 5.41) is 8.71. The van der Waals surface area contributed by atoms with Crippen LogP contribution in [0.3, 0.4) is 0 Å². The van der Waals surface area contributed by atoms with Crippen LogP contribution in [0.1, 0.15) is 18.5 Å². The fourth-order valence-electron chi connectivity index (χ4n) is 3.97. The van der Waals surface area contributed by atoms with Crippen molar-refractivity contribution in [3.63, 3.8) is 0 Å². The van der Waals surface area contributed by atoms with Crippen LogP contribution in [0.25, 0.3) is 16.0 Å². The van der Waals surface area contributed by atoms with Crippen LogP contribution in [0.4, 0.5) is 10.8 Å². The Bertz CT molecular complexity index is 1240. The molecule has 4 aromatic rings. The van der Waals surface area contributed by atoms with Gasteiger partial charge in [-0.15, -0.1) is 0 Å². The molecule has 158 valence electrons. The first-order valence-electron chi connectivity index (χ1n) is 10.3. The minimum absolute atomic E-state index is 0.0596. The number of fused-ring (bicyclic) bond motifs is 1. The largest absolute Gasteiger partial charge is 0.347 e. The lowest BCUT2D eigenvalue weighted by Crippen LogP contribution is -2.40. The molecule has 2 aromatic carbocycles. The first-order chi connectivity index (χ1) is 15.1. The Morgan fingerprint density at radius 3 is 2.74 bits per heavy atom. The molecule has 1 aliphatic heterocycles. The van der Waals surface area contributed by atoms with E-state index in [0.717, 1.165) is 56.4 Å². The first kappa shape index (κ1) is 20.2. The number of carbonyl (C=O) groups excluding carboxylic acids is 1. The number of hydrogen-bond acceptors (Lipinski definition) is 5. The van der Waals surface area contributed by atoms with E-state index in [1.54, 1.807) is 11.3 Å². The van der Waals surface area contributed by atoms with Gasteiger partial charge < -0.3 is 10.2 Å². The van der Waals surface area contributed by atoms with Crippen LogP contribution in [-0.4, -0.2) is 33.8 Å². The minimum Gasteiger partial charge on any atom is -0.347 e. The third kappa shape index (κ3) is 3.97. The van der Waals surface area contributed by atoms with Crippen LogP contribution in [0.2, 0.25) is 0 Å². The molecule has 1 atom stereocenters. The maximum atomic E-state index is 12.9. The average Bonchev–Trinajstić information content (AvgIpc) is 3.37. The zero-order valence-electron chi connectivity index (χ0n) is 17.1. The lowest BCUT2D eigenvalue weighted by molar-refractivity contribution is -0.120. The van der Waals surface area contributed by atoms with Crippen LogP contribution < -0.4 is 10.2 Å². The van der Waals surface area contributed by atoms with Gasteiger partial charge in [-0.1, -0.05) is 41.7 Å². The first-order valence-corrected chi connectivity index (χ1v) is 11.9. The van der Waals surface area contributed by atoms with Gasteiger partial charge in [0, 0.05) is 17.6 Å². The van der Waals surface area contributed by atoms with Gasteiger partial charge in [-0.25, -0.2) is 4.68 Å². The van der Waals surface area contributed by atoms with Crippen molar-refractivity contribution < 1.29 is 4.79 Å². The Kier molecular flexibility index (Phi) is 5.50. The topological polar surface area (TPSA) is 63.1 Å². The van der Waals surface area contributed by atoms with Crippen LogP contribution in [0.15, 0.2) is 59.1 Å². The minimum atomic E-state index is -0.0698. The number of nitrogens with zero attached hydrogens (tertiary/aromatic N) is 4. The van der Waals surface area contributed by atoms with Crippen molar-refractivity contribution in [1.29, 1.82) is 0 Å². The number of piperidine rings is 1. The number of hydrogen-bond donors (Lipinski definition) is 1. The molecule has 0 spiro atoms. The van der Waals surface area contributed by atoms with Crippen molar-refractivity contribution in [2.45, 2.75) is 19.8 Å². The number of aromatic nitrogens is 3. The molecule has 0 radical (unpaired) electrons. The molecular weight excluding hydrogens is 474 g/mol. The van der Waals surface area contributed by atoms with Gasteiger partial charge in [0.1, 0.15) is 0 Å². The summed E-state index contributed by atoms with van der Waals surface area (Å²) in [4.78, 5) is 20.1. The van der Waals surface area contributed by atoms with Crippen LogP contribution in [-0.2, 0) is 4.79 Å². The van der Waals surface area contributed by atoms with E-state index in [9.17, 15) is 4.79 Å². The fraction of sp³-hybridized carbons (Fsp3) is 0.261. The average molecular weight is 496 g/mol. The van der Waals surface area contributed by atoms with Gasteiger partial charge in [-0.05, 0) is 60.0 Å². The van der Waals surface area contributed by atoms with Crippen molar-refractivity contribution in [2.24, 2.45) is 5.92 Å². The number of halogens is 1. The molecule has 1 saturated heterocycles. The molecule has 0 bridgehead atoms. The monoisotopic (exact) mass is 495 g/mol. The van der Waals surface area contributed by atoms with E-state index in [2.05, 4.69) is 31.2 Å². The maximum absolute atomic E-state index is 12.9. The van der Waals surface area contributed by atoms with Crippen molar-refractivity contribution in [1.82, 2.24) is 14.8 Å². The normalized spacial score (nSPS) is 16.6. The smallest absolute Gasteiger partial charge is 0.229 e. The highest BCUT2D eigenvalue weighted by atomic mass is 79.9. The molecule has 1 N–H and O–H groups in total. The van der Waals surface area contributed by atoms with Crippen molar-refractivity contribution in [3.8, 4) is 5.69 Å². The van der Waals surface area contributed by atoms with Gasteiger partial charge in [-0.3, -0.25) is 4.79 Å². The molecule has 31 heavy (non-hydrogen) atoms. The summed E-state index contributed by atoms with van der Waals surface area (Å²) in [5.41, 5.74) is 3.66. The van der Waals surface area contributed by atoms with E-state index in [1.807, 2.05) is 66.2 Å². The third-order valence-corrected chi connectivity index (χ3v) is 7.48. The van der Waals surface area contributed by atoms with E-state index in [4.69, 9.17) is 4.98 Å². The second-order valence-electron chi connectivity index (χ2n) is 7.74. The molecule has 0 saturated carbocycles. The Labute approximate surface area is 193 Å². The molecule has 0 aliphatic carbocycles. The number of nitrogens with one attached hydrogen (secondary N) is 1. The number of amides is 1. The molecule has 1 aliphatic rings. The van der Waals surface area contributed by atoms with Crippen molar-refractivity contribution in [2.75, 3.05) is 23.3 Å². The summed E-state index contributed by atoms with van der Waals surface area (Å²) in [5.74, 6) is -0.0102. The van der Waals surface area contributed by atoms with Gasteiger partial charge >= 0.3 is 0 Å². The Balaban J connectivity index is 1.38. The highest BCUT2D eigenvalue weighted by Crippen LogP contribution is 2.34. The molecule has 1 amide bonds. The second-order valence-corrected chi connectivity index (χ2v) is 9.57. The van der Waals surface area contributed by atoms with Gasteiger partial charge in [0.05, 0.1) is 27.7 Å². The van der Waals surface area contributed by atoms with Gasteiger partial charge in [-0.2, -0.15) is 10.1 Å². The summed E-state index contributed by atoms with van der Waals surface area (Å²) in [6, 6.07) is 17.8. The summed E-state index contributed by atoms with van der Waals surface area (Å²) in [6.07, 6.45) is 1.85. The van der Waals surface area contributed by atoms with Crippen molar-refractivity contribution in [3.05, 3.63) is 64.8 Å². The zero-order chi connectivity index (χ0) is 21.4. The van der Waals surface area contributed by atoms with Crippen LogP contribution in [0, 0.1) is 12.8 Å². The van der Waals surface area contributed by atoms with Crippen molar-refractivity contribution >= 4 is 54.3 Å². The van der Waals surface area contributed by atoms with E-state index >= 15 is 0 Å². The van der Waals surface area contributed by atoms with Crippen LogP contribution in [0.5, 0.6) is 0 Å². The Morgan fingerprint density at radius 1 is 1.16 bits per heavy atom. The number of aryl methyl sites for hydroxylation is 1. The molecule has 0 unspecified atom stereocenters.